The van der Waals surface area contributed by atoms with Crippen LogP contribution in [-0.2, 0) is 6.42 Å². The van der Waals surface area contributed by atoms with Crippen molar-refractivity contribution in [3.8, 4) is 0 Å². The van der Waals surface area contributed by atoms with E-state index in [4.69, 9.17) is 0 Å². The molecule has 0 aromatic carbocycles. The summed E-state index contributed by atoms with van der Waals surface area (Å²) in [6, 6.07) is 3.78. The van der Waals surface area contributed by atoms with Crippen molar-refractivity contribution in [3.63, 3.8) is 0 Å². The van der Waals surface area contributed by atoms with Gasteiger partial charge in [-0.05, 0) is 38.1 Å². The lowest BCUT2D eigenvalue weighted by molar-refractivity contribution is 0.112. The van der Waals surface area contributed by atoms with E-state index < -0.39 is 0 Å². The molecule has 1 aromatic heterocycles. The summed E-state index contributed by atoms with van der Waals surface area (Å²) in [6.07, 6.45) is 6.12. The highest BCUT2D eigenvalue weighted by molar-refractivity contribution is 5.73. The van der Waals surface area contributed by atoms with Crippen molar-refractivity contribution in [3.05, 3.63) is 29.6 Å². The van der Waals surface area contributed by atoms with Gasteiger partial charge in [0.1, 0.15) is 0 Å². The molecule has 0 saturated carbocycles. The molecule has 1 fully saturated rings. The summed E-state index contributed by atoms with van der Waals surface area (Å²) in [7, 11) is 0. The van der Waals surface area contributed by atoms with Crippen molar-refractivity contribution in [2.75, 3.05) is 19.6 Å². The number of carbonyl (C=O) groups excluding carboxylic acids is 1. The van der Waals surface area contributed by atoms with Gasteiger partial charge in [-0.2, -0.15) is 0 Å². The lowest BCUT2D eigenvalue weighted by atomic mass is 10.2. The number of nitrogens with zero attached hydrogens (tertiary/aromatic N) is 2. The molecule has 1 saturated heterocycles. The van der Waals surface area contributed by atoms with Crippen LogP contribution in [0.3, 0.4) is 0 Å². The molecule has 0 unspecified atom stereocenters. The molecule has 0 radical (unpaired) electrons. The zero-order valence-corrected chi connectivity index (χ0v) is 8.85. The zero-order valence-electron chi connectivity index (χ0n) is 8.85. The first-order valence-electron chi connectivity index (χ1n) is 5.51. The normalized spacial score (nSPS) is 16.8. The predicted molar refractivity (Wildman–Crippen MR) is 59.0 cm³/mol. The van der Waals surface area contributed by atoms with E-state index in [2.05, 4.69) is 9.88 Å². The largest absolute Gasteiger partial charge is 0.303 e. The Hall–Kier alpha value is -1.22. The maximum absolute atomic E-state index is 10.4. The van der Waals surface area contributed by atoms with Crippen LogP contribution in [0.2, 0.25) is 0 Å². The highest BCUT2D eigenvalue weighted by Crippen LogP contribution is 2.08. The Bertz CT molecular complexity index is 315. The smallest absolute Gasteiger partial charge is 0.151 e. The van der Waals surface area contributed by atoms with Crippen LogP contribution in [-0.4, -0.2) is 35.8 Å². The Balaban J connectivity index is 1.84. The van der Waals surface area contributed by atoms with Crippen molar-refractivity contribution >= 4 is 6.29 Å². The molecule has 0 N–H and O–H groups in total. The van der Waals surface area contributed by atoms with Gasteiger partial charge in [0.05, 0.1) is 0 Å². The second kappa shape index (κ2) is 5.03. The van der Waals surface area contributed by atoms with Gasteiger partial charge in [-0.3, -0.25) is 9.78 Å². The molecular formula is C12H16N2O. The molecule has 0 spiro atoms. The molecular weight excluding hydrogens is 188 g/mol. The van der Waals surface area contributed by atoms with Crippen LogP contribution in [0.4, 0.5) is 0 Å². The molecule has 2 rings (SSSR count). The molecule has 1 aliphatic heterocycles. The van der Waals surface area contributed by atoms with Crippen molar-refractivity contribution < 1.29 is 4.79 Å². The van der Waals surface area contributed by atoms with Crippen LogP contribution in [0, 0.1) is 0 Å². The summed E-state index contributed by atoms with van der Waals surface area (Å²) >= 11 is 0. The monoisotopic (exact) mass is 204 g/mol. The van der Waals surface area contributed by atoms with E-state index in [1.54, 1.807) is 6.20 Å². The van der Waals surface area contributed by atoms with E-state index in [1.807, 2.05) is 12.1 Å². The molecule has 80 valence electrons. The van der Waals surface area contributed by atoms with E-state index in [0.29, 0.717) is 5.56 Å². The number of pyridine rings is 1. The van der Waals surface area contributed by atoms with Gasteiger partial charge in [0, 0.05) is 30.4 Å². The molecule has 3 nitrogen and oxygen atoms in total. The first-order chi connectivity index (χ1) is 7.38. The lowest BCUT2D eigenvalue weighted by Crippen LogP contribution is -2.22. The van der Waals surface area contributed by atoms with Gasteiger partial charge in [-0.1, -0.05) is 0 Å². The molecule has 0 amide bonds. The number of aromatic nitrogens is 1. The fourth-order valence-electron chi connectivity index (χ4n) is 1.93. The molecule has 1 aliphatic rings. The van der Waals surface area contributed by atoms with E-state index >= 15 is 0 Å². The van der Waals surface area contributed by atoms with E-state index in [-0.39, 0.29) is 0 Å². The van der Waals surface area contributed by atoms with Crippen LogP contribution in [0.5, 0.6) is 0 Å². The summed E-state index contributed by atoms with van der Waals surface area (Å²) in [4.78, 5) is 17.2. The third-order valence-electron chi connectivity index (χ3n) is 2.87. The summed E-state index contributed by atoms with van der Waals surface area (Å²) in [5.41, 5.74) is 1.73. The minimum absolute atomic E-state index is 0.653. The minimum Gasteiger partial charge on any atom is -0.303 e. The quantitative estimate of drug-likeness (QED) is 0.697. The lowest BCUT2D eigenvalue weighted by Gasteiger charge is -2.13. The molecule has 3 heteroatoms. The van der Waals surface area contributed by atoms with Gasteiger partial charge in [-0.25, -0.2) is 0 Å². The fourth-order valence-corrected chi connectivity index (χ4v) is 1.93. The van der Waals surface area contributed by atoms with Crippen LogP contribution in [0.25, 0.3) is 0 Å². The molecule has 2 heterocycles. The maximum Gasteiger partial charge on any atom is 0.151 e. The molecule has 1 aromatic rings. The molecule has 15 heavy (non-hydrogen) atoms. The van der Waals surface area contributed by atoms with Gasteiger partial charge in [-0.15, -0.1) is 0 Å². The second-order valence-corrected chi connectivity index (χ2v) is 4.00. The third-order valence-corrected chi connectivity index (χ3v) is 2.87. The summed E-state index contributed by atoms with van der Waals surface area (Å²) in [5.74, 6) is 0. The van der Waals surface area contributed by atoms with Crippen LogP contribution in [0.1, 0.15) is 28.9 Å². The Morgan fingerprint density at radius 1 is 1.33 bits per heavy atom. The Labute approximate surface area is 90.1 Å². The first kappa shape index (κ1) is 10.3. The molecule has 0 atom stereocenters. The van der Waals surface area contributed by atoms with E-state index in [9.17, 15) is 4.79 Å². The Morgan fingerprint density at radius 2 is 2.13 bits per heavy atom. The average molecular weight is 204 g/mol. The van der Waals surface area contributed by atoms with Crippen molar-refractivity contribution in [1.29, 1.82) is 0 Å². The van der Waals surface area contributed by atoms with Gasteiger partial charge in [0.15, 0.2) is 6.29 Å². The minimum atomic E-state index is 0.653. The van der Waals surface area contributed by atoms with Crippen LogP contribution < -0.4 is 0 Å². The average Bonchev–Trinajstić information content (AvgIpc) is 2.80. The second-order valence-electron chi connectivity index (χ2n) is 4.00. The van der Waals surface area contributed by atoms with Crippen molar-refractivity contribution in [1.82, 2.24) is 9.88 Å². The van der Waals surface area contributed by atoms with Gasteiger partial charge in [0.2, 0.25) is 0 Å². The number of aldehydes is 1. The number of likely N-dealkylation sites (tertiary alicyclic amines) is 1. The maximum atomic E-state index is 10.4. The van der Waals surface area contributed by atoms with Gasteiger partial charge < -0.3 is 4.90 Å². The third kappa shape index (κ3) is 2.86. The van der Waals surface area contributed by atoms with E-state index in [0.717, 1.165) is 24.9 Å². The Kier molecular flexibility index (Phi) is 3.45. The predicted octanol–water partition coefficient (Wildman–Crippen LogP) is 1.53. The molecule has 0 aliphatic carbocycles. The van der Waals surface area contributed by atoms with Crippen LogP contribution in [0.15, 0.2) is 18.3 Å². The summed E-state index contributed by atoms with van der Waals surface area (Å²) in [5, 5.41) is 0. The summed E-state index contributed by atoms with van der Waals surface area (Å²) in [6.45, 7) is 3.55. The number of carbonyl (C=O) groups is 1. The van der Waals surface area contributed by atoms with Gasteiger partial charge in [0.25, 0.3) is 0 Å². The first-order valence-corrected chi connectivity index (χ1v) is 5.51. The van der Waals surface area contributed by atoms with Crippen molar-refractivity contribution in [2.24, 2.45) is 0 Å². The number of hydrogen-bond acceptors (Lipinski definition) is 3. The standard InChI is InChI=1S/C12H16N2O/c15-10-11-3-4-12(13-9-11)5-8-14-6-1-2-7-14/h3-4,9-10H,1-2,5-8H2. The molecule has 0 bridgehead atoms. The van der Waals surface area contributed by atoms with Crippen LogP contribution >= 0.6 is 0 Å². The Morgan fingerprint density at radius 3 is 2.73 bits per heavy atom. The SMILES string of the molecule is O=Cc1ccc(CCN2CCCC2)nc1. The zero-order chi connectivity index (χ0) is 10.5. The van der Waals surface area contributed by atoms with E-state index in [1.165, 1.54) is 25.9 Å². The number of rotatable bonds is 4. The number of hydrogen-bond donors (Lipinski definition) is 0. The van der Waals surface area contributed by atoms with Crippen molar-refractivity contribution in [2.45, 2.75) is 19.3 Å². The fraction of sp³-hybridized carbons (Fsp3) is 0.500. The van der Waals surface area contributed by atoms with Gasteiger partial charge >= 0.3 is 0 Å². The topological polar surface area (TPSA) is 33.2 Å². The highest BCUT2D eigenvalue weighted by atomic mass is 16.1. The summed E-state index contributed by atoms with van der Waals surface area (Å²) < 4.78 is 0. The highest BCUT2D eigenvalue weighted by Gasteiger charge is 2.10.